The van der Waals surface area contributed by atoms with Gasteiger partial charge in [-0.05, 0) is 30.7 Å². The molecule has 0 bridgehead atoms. The molecule has 1 saturated carbocycles. The van der Waals surface area contributed by atoms with Crippen molar-refractivity contribution in [3.63, 3.8) is 0 Å². The summed E-state index contributed by atoms with van der Waals surface area (Å²) in [4.78, 5) is 0. The quantitative estimate of drug-likeness (QED) is 0.709. The molecule has 2 nitrogen and oxygen atoms in total. The average Bonchev–Trinajstić information content (AvgIpc) is 2.85. The van der Waals surface area contributed by atoms with Gasteiger partial charge in [-0.2, -0.15) is 0 Å². The Morgan fingerprint density at radius 1 is 1.36 bits per heavy atom. The van der Waals surface area contributed by atoms with Crippen LogP contribution in [0.2, 0.25) is 0 Å². The van der Waals surface area contributed by atoms with Gasteiger partial charge in [0.25, 0.3) is 0 Å². The molecular weight excluding hydrogens is 174 g/mol. The van der Waals surface area contributed by atoms with Crippen LogP contribution in [-0.4, -0.2) is 25.8 Å². The second kappa shape index (κ2) is 5.13. The SMILES string of the molecule is CCNC(COCC1CC1)C(C)(C)C. The van der Waals surface area contributed by atoms with Crippen LogP contribution in [0.25, 0.3) is 0 Å². The van der Waals surface area contributed by atoms with E-state index >= 15 is 0 Å². The van der Waals surface area contributed by atoms with Crippen LogP contribution in [0.5, 0.6) is 0 Å². The van der Waals surface area contributed by atoms with E-state index in [1.54, 1.807) is 0 Å². The highest BCUT2D eigenvalue weighted by Crippen LogP contribution is 2.29. The van der Waals surface area contributed by atoms with Crippen molar-refractivity contribution in [1.82, 2.24) is 5.32 Å². The number of ether oxygens (including phenoxy) is 1. The summed E-state index contributed by atoms with van der Waals surface area (Å²) in [6.07, 6.45) is 2.75. The molecular formula is C12H25NO. The fraction of sp³-hybridized carbons (Fsp3) is 1.00. The molecule has 2 heteroatoms. The van der Waals surface area contributed by atoms with E-state index in [1.165, 1.54) is 12.8 Å². The summed E-state index contributed by atoms with van der Waals surface area (Å²) in [7, 11) is 0. The Morgan fingerprint density at radius 3 is 2.43 bits per heavy atom. The maximum Gasteiger partial charge on any atom is 0.0624 e. The monoisotopic (exact) mass is 199 g/mol. The third kappa shape index (κ3) is 4.43. The number of hydrogen-bond donors (Lipinski definition) is 1. The Hall–Kier alpha value is -0.0800. The van der Waals surface area contributed by atoms with E-state index in [0.29, 0.717) is 11.5 Å². The number of nitrogens with one attached hydrogen (secondary N) is 1. The molecule has 14 heavy (non-hydrogen) atoms. The average molecular weight is 199 g/mol. The van der Waals surface area contributed by atoms with Gasteiger partial charge in [0.1, 0.15) is 0 Å². The maximum atomic E-state index is 5.74. The Bertz CT molecular complexity index is 158. The molecule has 1 rings (SSSR count). The van der Waals surface area contributed by atoms with Crippen molar-refractivity contribution in [3.05, 3.63) is 0 Å². The van der Waals surface area contributed by atoms with Crippen molar-refractivity contribution in [3.8, 4) is 0 Å². The van der Waals surface area contributed by atoms with E-state index < -0.39 is 0 Å². The smallest absolute Gasteiger partial charge is 0.0624 e. The van der Waals surface area contributed by atoms with Gasteiger partial charge < -0.3 is 10.1 Å². The predicted molar refractivity (Wildman–Crippen MR) is 60.5 cm³/mol. The fourth-order valence-electron chi connectivity index (χ4n) is 1.50. The lowest BCUT2D eigenvalue weighted by Gasteiger charge is -2.31. The van der Waals surface area contributed by atoms with Crippen molar-refractivity contribution < 1.29 is 4.74 Å². The van der Waals surface area contributed by atoms with Gasteiger partial charge in [-0.25, -0.2) is 0 Å². The molecule has 1 aliphatic carbocycles. The molecule has 0 saturated heterocycles. The molecule has 0 spiro atoms. The Balaban J connectivity index is 2.19. The van der Waals surface area contributed by atoms with Gasteiger partial charge in [-0.15, -0.1) is 0 Å². The molecule has 1 unspecified atom stereocenters. The number of likely N-dealkylation sites (N-methyl/N-ethyl adjacent to an activating group) is 1. The maximum absolute atomic E-state index is 5.74. The molecule has 0 amide bonds. The minimum absolute atomic E-state index is 0.291. The number of rotatable bonds is 6. The van der Waals surface area contributed by atoms with E-state index in [9.17, 15) is 0 Å². The Kier molecular flexibility index (Phi) is 4.39. The van der Waals surface area contributed by atoms with E-state index in [1.807, 2.05) is 0 Å². The first-order chi connectivity index (χ1) is 6.54. The lowest BCUT2D eigenvalue weighted by molar-refractivity contribution is 0.0698. The van der Waals surface area contributed by atoms with Gasteiger partial charge in [0, 0.05) is 12.6 Å². The predicted octanol–water partition coefficient (Wildman–Crippen LogP) is 2.44. The molecule has 0 aromatic rings. The van der Waals surface area contributed by atoms with Crippen molar-refractivity contribution in [2.45, 2.75) is 46.6 Å². The summed E-state index contributed by atoms with van der Waals surface area (Å²) in [6, 6.07) is 0.478. The molecule has 1 N–H and O–H groups in total. The van der Waals surface area contributed by atoms with Gasteiger partial charge in [-0.3, -0.25) is 0 Å². The normalized spacial score (nSPS) is 19.7. The molecule has 0 heterocycles. The molecule has 0 aromatic heterocycles. The van der Waals surface area contributed by atoms with Gasteiger partial charge in [0.05, 0.1) is 6.61 Å². The summed E-state index contributed by atoms with van der Waals surface area (Å²) in [5.41, 5.74) is 0.291. The van der Waals surface area contributed by atoms with Gasteiger partial charge in [-0.1, -0.05) is 27.7 Å². The van der Waals surface area contributed by atoms with E-state index in [0.717, 1.165) is 25.7 Å². The van der Waals surface area contributed by atoms with Gasteiger partial charge >= 0.3 is 0 Å². The highest BCUT2D eigenvalue weighted by Gasteiger charge is 2.26. The first-order valence-corrected chi connectivity index (χ1v) is 5.85. The number of hydrogen-bond acceptors (Lipinski definition) is 2. The summed E-state index contributed by atoms with van der Waals surface area (Å²) in [5, 5.41) is 3.49. The second-order valence-electron chi connectivity index (χ2n) is 5.46. The minimum atomic E-state index is 0.291. The van der Waals surface area contributed by atoms with Crippen LogP contribution in [0.15, 0.2) is 0 Å². The van der Waals surface area contributed by atoms with Crippen molar-refractivity contribution in [2.75, 3.05) is 19.8 Å². The summed E-state index contributed by atoms with van der Waals surface area (Å²) in [6.45, 7) is 11.8. The largest absolute Gasteiger partial charge is 0.380 e. The molecule has 1 fully saturated rings. The topological polar surface area (TPSA) is 21.3 Å². The first kappa shape index (κ1) is 12.0. The fourth-order valence-corrected chi connectivity index (χ4v) is 1.50. The minimum Gasteiger partial charge on any atom is -0.380 e. The van der Waals surface area contributed by atoms with Crippen LogP contribution < -0.4 is 5.32 Å². The lowest BCUT2D eigenvalue weighted by Crippen LogP contribution is -2.43. The zero-order valence-electron chi connectivity index (χ0n) is 10.1. The molecule has 1 atom stereocenters. The van der Waals surface area contributed by atoms with Crippen molar-refractivity contribution in [1.29, 1.82) is 0 Å². The molecule has 0 radical (unpaired) electrons. The van der Waals surface area contributed by atoms with Crippen LogP contribution in [0.4, 0.5) is 0 Å². The first-order valence-electron chi connectivity index (χ1n) is 5.85. The zero-order valence-corrected chi connectivity index (χ0v) is 10.1. The van der Waals surface area contributed by atoms with Crippen LogP contribution in [-0.2, 0) is 4.74 Å². The highest BCUT2D eigenvalue weighted by atomic mass is 16.5. The van der Waals surface area contributed by atoms with Crippen LogP contribution in [0.3, 0.4) is 0 Å². The van der Waals surface area contributed by atoms with Crippen LogP contribution in [0.1, 0.15) is 40.5 Å². The van der Waals surface area contributed by atoms with Crippen LogP contribution in [0, 0.1) is 11.3 Å². The zero-order chi connectivity index (χ0) is 10.6. The van der Waals surface area contributed by atoms with Gasteiger partial charge in [0.2, 0.25) is 0 Å². The van der Waals surface area contributed by atoms with E-state index in [2.05, 4.69) is 33.0 Å². The summed E-state index contributed by atoms with van der Waals surface area (Å²) >= 11 is 0. The van der Waals surface area contributed by atoms with Gasteiger partial charge in [0.15, 0.2) is 0 Å². The molecule has 1 aliphatic rings. The van der Waals surface area contributed by atoms with E-state index in [-0.39, 0.29) is 0 Å². The standard InChI is InChI=1S/C12H25NO/c1-5-13-11(12(2,3)4)9-14-8-10-6-7-10/h10-11,13H,5-9H2,1-4H3. The highest BCUT2D eigenvalue weighted by molar-refractivity contribution is 4.80. The Labute approximate surface area is 88.4 Å². The second-order valence-corrected chi connectivity index (χ2v) is 5.46. The summed E-state index contributed by atoms with van der Waals surface area (Å²) in [5.74, 6) is 0.872. The molecule has 0 aliphatic heterocycles. The van der Waals surface area contributed by atoms with Crippen molar-refractivity contribution in [2.24, 2.45) is 11.3 Å². The lowest BCUT2D eigenvalue weighted by atomic mass is 9.87. The third-order valence-electron chi connectivity index (χ3n) is 2.83. The van der Waals surface area contributed by atoms with Crippen molar-refractivity contribution >= 4 is 0 Å². The molecule has 0 aromatic carbocycles. The molecule has 84 valence electrons. The van der Waals surface area contributed by atoms with Crippen LogP contribution >= 0.6 is 0 Å². The van der Waals surface area contributed by atoms with E-state index in [4.69, 9.17) is 4.74 Å². The summed E-state index contributed by atoms with van der Waals surface area (Å²) < 4.78 is 5.74. The Morgan fingerprint density at radius 2 is 2.00 bits per heavy atom. The third-order valence-corrected chi connectivity index (χ3v) is 2.83.